The molecule has 0 amide bonds. The zero-order valence-electron chi connectivity index (χ0n) is 91.4. The molecule has 3 saturated heterocycles. The molecule has 0 aliphatic carbocycles. The van der Waals surface area contributed by atoms with E-state index in [1.807, 2.05) is 184 Å². The quantitative estimate of drug-likeness (QED) is 0.103. The van der Waals surface area contributed by atoms with Crippen molar-refractivity contribution in [3.63, 3.8) is 0 Å². The maximum atomic E-state index is 12.5. The van der Waals surface area contributed by atoms with Crippen LogP contribution in [0.1, 0.15) is 366 Å². The van der Waals surface area contributed by atoms with E-state index >= 15 is 0 Å². The highest BCUT2D eigenvalue weighted by molar-refractivity contribution is 5.21. The van der Waals surface area contributed by atoms with E-state index in [0.717, 1.165) is 61.0 Å². The van der Waals surface area contributed by atoms with Crippen LogP contribution >= 0.6 is 0 Å². The van der Waals surface area contributed by atoms with Gasteiger partial charge in [0.1, 0.15) is 12.1 Å². The lowest BCUT2D eigenvalue weighted by atomic mass is 9.89. The van der Waals surface area contributed by atoms with Crippen LogP contribution in [0.3, 0.4) is 0 Å². The van der Waals surface area contributed by atoms with Gasteiger partial charge in [0.25, 0.3) is 0 Å². The van der Waals surface area contributed by atoms with Crippen molar-refractivity contribution in [2.45, 2.75) is 344 Å². The Morgan fingerprint density at radius 3 is 1.21 bits per heavy atom. The van der Waals surface area contributed by atoms with Crippen LogP contribution in [0.4, 0.5) is 4.39 Å². The molecule has 3 aliphatic rings. The fourth-order valence-electron chi connectivity index (χ4n) is 12.4. The molecule has 0 radical (unpaired) electrons. The number of ether oxygens (including phenoxy) is 1. The highest BCUT2D eigenvalue weighted by atomic mass is 19.1. The Hall–Kier alpha value is -10.1. The van der Waals surface area contributed by atoms with Gasteiger partial charge >= 0.3 is 0 Å². The second-order valence-corrected chi connectivity index (χ2v) is 39.9. The molecule has 1 aromatic carbocycles. The molecular formula is C112H185FN22O. The number of aryl methyl sites for hydroxylation is 5. The van der Waals surface area contributed by atoms with Crippen LogP contribution in [-0.4, -0.2) is 200 Å². The van der Waals surface area contributed by atoms with Crippen LogP contribution in [0.25, 0.3) is 0 Å². The monoisotopic (exact) mass is 1870 g/mol. The van der Waals surface area contributed by atoms with E-state index in [1.165, 1.54) is 108 Å². The Bertz CT molecular complexity index is 4430. The molecule has 756 valence electrons. The zero-order chi connectivity index (χ0) is 102. The predicted octanol–water partition coefficient (Wildman–Crippen LogP) is 26.6. The zero-order valence-corrected chi connectivity index (χ0v) is 91.4. The number of hydrogen-bond donors (Lipinski definition) is 2. The molecule has 0 atom stereocenters. The molecule has 11 aromatic heterocycles. The second-order valence-electron chi connectivity index (χ2n) is 39.9. The molecule has 0 unspecified atom stereocenters. The maximum absolute atomic E-state index is 12.5. The lowest BCUT2D eigenvalue weighted by molar-refractivity contribution is 0.0238. The molecule has 15 rings (SSSR count). The van der Waals surface area contributed by atoms with Gasteiger partial charge in [0.15, 0.2) is 0 Å². The van der Waals surface area contributed by atoms with Gasteiger partial charge in [-0.1, -0.05) is 156 Å². The number of aromatic nitrogens is 18. The van der Waals surface area contributed by atoms with E-state index < -0.39 is 0 Å². The number of likely N-dealkylation sites (N-methyl/N-ethyl adjacent to an activating group) is 1. The number of rotatable bonds is 14. The summed E-state index contributed by atoms with van der Waals surface area (Å²) in [5, 5.41) is 25.5. The number of likely N-dealkylation sites (tertiary alicyclic amines) is 1. The molecule has 23 nitrogen and oxygen atoms in total. The fraction of sp³-hybridized carbons (Fsp3) is 0.571. The Balaban J connectivity index is 0.000000729. The molecular weight excluding hydrogens is 1690 g/mol. The first-order chi connectivity index (χ1) is 64.1. The first-order valence-corrected chi connectivity index (χ1v) is 49.7. The minimum absolute atomic E-state index is 0.147. The van der Waals surface area contributed by atoms with Gasteiger partial charge in [-0.25, -0.2) is 19.3 Å². The molecule has 14 heterocycles. The largest absolute Gasteiger partial charge is 0.379 e. The molecule has 0 bridgehead atoms. The van der Waals surface area contributed by atoms with Gasteiger partial charge in [0.2, 0.25) is 0 Å². The van der Waals surface area contributed by atoms with Crippen molar-refractivity contribution in [1.29, 1.82) is 0 Å². The molecule has 2 N–H and O–H groups in total. The molecule has 24 heteroatoms. The molecule has 3 aliphatic heterocycles. The number of piperazine rings is 1. The van der Waals surface area contributed by atoms with Crippen molar-refractivity contribution in [1.82, 2.24) is 109 Å². The summed E-state index contributed by atoms with van der Waals surface area (Å²) in [6.07, 6.45) is 40.3. The van der Waals surface area contributed by atoms with Crippen LogP contribution in [0.2, 0.25) is 0 Å². The summed E-state index contributed by atoms with van der Waals surface area (Å²) in [4.78, 5) is 38.1. The summed E-state index contributed by atoms with van der Waals surface area (Å²) < 4.78 is 25.5. The first-order valence-electron chi connectivity index (χ1n) is 49.7. The third-order valence-corrected chi connectivity index (χ3v) is 22.1. The second kappa shape index (κ2) is 70.5. The van der Waals surface area contributed by atoms with Gasteiger partial charge in [-0.2, -0.15) is 25.5 Å². The number of pyridine rings is 4. The average Bonchev–Trinajstić information content (AvgIpc) is 0.975. The van der Waals surface area contributed by atoms with Crippen molar-refractivity contribution < 1.29 is 9.13 Å². The van der Waals surface area contributed by atoms with Gasteiger partial charge in [-0.15, -0.1) is 0 Å². The number of hydrogen-bond acceptors (Lipinski definition) is 17. The van der Waals surface area contributed by atoms with E-state index in [1.54, 1.807) is 37.1 Å². The van der Waals surface area contributed by atoms with E-state index in [-0.39, 0.29) is 11.2 Å². The number of H-pyrrole nitrogens is 2. The van der Waals surface area contributed by atoms with Crippen molar-refractivity contribution in [3.8, 4) is 0 Å². The molecule has 12 aromatic rings. The Morgan fingerprint density at radius 1 is 0.368 bits per heavy atom. The SMILES string of the molecule is CC(C)(C)c1cncnc1.CC(C)N1CCCC1.CC(C)N1CCN(C)CC1.CC(C)N1CCOCC1.CC(C)c1cccc(F)c1.CC(C)c1cccnc1.CC(C)c1ccn[nH]1.CC(C)c1ccncc1.CC(C)c1cn[nH]c1.CC(C)c1cnn(C)c1.CC(C)n1cccn1.Cc1cc(C(C)C)ccn1.Cc1ccc(C(C)C)cn1.Cc1cn(C(C)C)cn1.Cc1cnn(C(C)C)c1. The van der Waals surface area contributed by atoms with E-state index in [0.29, 0.717) is 71.5 Å². The predicted molar refractivity (Wildman–Crippen MR) is 572 cm³/mol. The highest BCUT2D eigenvalue weighted by Crippen LogP contribution is 2.22. The summed E-state index contributed by atoms with van der Waals surface area (Å²) >= 11 is 0. The van der Waals surface area contributed by atoms with Crippen LogP contribution in [0.5, 0.6) is 0 Å². The Labute approximate surface area is 824 Å². The average molecular weight is 1870 g/mol. The van der Waals surface area contributed by atoms with Crippen molar-refractivity contribution in [2.24, 2.45) is 7.05 Å². The number of imidazole rings is 1. The molecule has 3 fully saturated rings. The minimum atomic E-state index is -0.147. The first kappa shape index (κ1) is 124. The fourth-order valence-corrected chi connectivity index (χ4v) is 12.4. The number of nitrogens with one attached hydrogen (secondary N) is 2. The minimum Gasteiger partial charge on any atom is -0.379 e. The van der Waals surface area contributed by atoms with Gasteiger partial charge < -0.3 is 19.1 Å². The summed E-state index contributed by atoms with van der Waals surface area (Å²) in [7, 11) is 4.13. The van der Waals surface area contributed by atoms with Gasteiger partial charge in [0.05, 0.1) is 43.8 Å². The van der Waals surface area contributed by atoms with E-state index in [4.69, 9.17) is 4.74 Å². The van der Waals surface area contributed by atoms with Crippen LogP contribution in [-0.2, 0) is 17.2 Å². The molecule has 136 heavy (non-hydrogen) atoms. The van der Waals surface area contributed by atoms with Gasteiger partial charge in [0, 0.05) is 193 Å². The van der Waals surface area contributed by atoms with Gasteiger partial charge in [-0.3, -0.25) is 54.0 Å². The number of benzene rings is 1. The van der Waals surface area contributed by atoms with Crippen LogP contribution in [0.15, 0.2) is 209 Å². The third kappa shape index (κ3) is 58.5. The normalized spacial score (nSPS) is 13.1. The summed E-state index contributed by atoms with van der Waals surface area (Å²) in [5.41, 5.74) is 16.0. The van der Waals surface area contributed by atoms with Crippen LogP contribution < -0.4 is 0 Å². The van der Waals surface area contributed by atoms with Crippen molar-refractivity contribution in [2.75, 3.05) is 72.6 Å². The summed E-state index contributed by atoms with van der Waals surface area (Å²) in [6, 6.07) is 30.9. The molecule has 0 saturated carbocycles. The van der Waals surface area contributed by atoms with Gasteiger partial charge in [-0.05, 0) is 307 Å². The number of nitrogens with zero attached hydrogens (tertiary/aromatic N) is 20. The maximum Gasteiger partial charge on any atom is 0.123 e. The lowest BCUT2D eigenvalue weighted by Crippen LogP contribution is -2.47. The molecule has 0 spiro atoms. The summed E-state index contributed by atoms with van der Waals surface area (Å²) in [6.45, 7) is 86.8. The Kier molecular flexibility index (Phi) is 64.2. The third-order valence-electron chi connectivity index (χ3n) is 22.1. The van der Waals surface area contributed by atoms with Crippen molar-refractivity contribution >= 4 is 0 Å². The standard InChI is InChI=1S/C9H11F.2C9H13N.C8H12N2.C8H18N2.2C8H11N.3C7H12N2.C7H15NO.C7H15N.3C6H10N2/c1-7(2)8-4-3-5-9(10)6-8;1-7(2)9-4-5-10-8(3)6-9;1-7(2)9-5-4-8(3)10-6-9;1-8(2,3)7-4-9-6-10-5-7;1-8(2)10-6-4-9(3)5-7-10;1-7(2)8-3-5-9-6-4-8;1-7(2)8-4-3-5-9-6-8;1-6(2)7-4-8-9(3)5-7;1-6(2)9-4-7(3)8-5-9;1-6(2)9-5-7(3)4-8-9;1-7(2)8-3-5-9-6-4-8;1-7(2)8-5-3-4-6-8;1-5(2)6-3-7-8-4-6;1-6(2)8-5-3-4-7-8;1-5(2)6-3-4-7-8-6/h3-7H,1-2H3;2*4-7H,1-3H3;4-6H,1-3H3;8H,4-7H2,1-3H3;2*3-7H,1-2H3;3*4-6H,1-3H3;7H,3-6H2,1-2H3;7H,3-6H2,1-2H3;3-5H,1-2H3,(H,7,8);3-6H,1-2H3;3-5H,1-2H3,(H,7,8). The highest BCUT2D eigenvalue weighted by Gasteiger charge is 2.17. The Morgan fingerprint density at radius 2 is 0.904 bits per heavy atom. The lowest BCUT2D eigenvalue weighted by Gasteiger charge is -2.34. The topological polar surface area (TPSA) is 228 Å². The summed E-state index contributed by atoms with van der Waals surface area (Å²) in [5.74, 6) is 4.44. The number of aromatic amines is 2. The van der Waals surface area contributed by atoms with E-state index in [2.05, 4.69) is 347 Å². The number of halogens is 1. The van der Waals surface area contributed by atoms with E-state index in [9.17, 15) is 4.39 Å². The van der Waals surface area contributed by atoms with Crippen LogP contribution in [0, 0.1) is 33.5 Å². The smallest absolute Gasteiger partial charge is 0.123 e. The number of morpholine rings is 1. The van der Waals surface area contributed by atoms with Crippen molar-refractivity contribution in [3.05, 3.63) is 288 Å².